The van der Waals surface area contributed by atoms with Gasteiger partial charge in [-0.15, -0.1) is 0 Å². The number of nitrogens with one attached hydrogen (secondary N) is 11. The Labute approximate surface area is 783 Å². The van der Waals surface area contributed by atoms with Crippen LogP contribution in [0.5, 0.6) is 51.7 Å². The van der Waals surface area contributed by atoms with E-state index >= 15 is 38.4 Å². The van der Waals surface area contributed by atoms with Gasteiger partial charge in [0.25, 0.3) is 11.8 Å². The summed E-state index contributed by atoms with van der Waals surface area (Å²) < 4.78 is 38.6. The number of H-pyrrole nitrogens is 1. The number of carbonyl (C=O) groups is 12. The molecule has 2 saturated heterocycles. The van der Waals surface area contributed by atoms with Crippen molar-refractivity contribution in [3.05, 3.63) is 183 Å². The topological polar surface area (TPSA) is 691 Å². The van der Waals surface area contributed by atoms with Crippen LogP contribution in [0.1, 0.15) is 123 Å². The SMILES string of the molecule is CNC(CC(C)C)C(=O)NC1(C(=O)NC(Cc2ccc(O)cc2)C(=O)NC(Cc2c[nH]c3ccccc23)C(=O)NC(CCC(=O)O)C(=O)O)C(=O)NC(CC(N)=O)C(=O)NC2C(=O)NC3C(=O)NC(C(=O)NCc4cc(O)cc(O)c4-c4cc3ccc4O)C(OC3CC(C)(N)C(O)C(C)O3)c3ccc(c(Cl)c3)Oc3cc2cc(c3OC2OC(CO)C(O)C(O)C2O)Oc2ccc(cc2Cl)C1O. The number of aromatic nitrogens is 1. The fourth-order valence-electron chi connectivity index (χ4n) is 16.7. The van der Waals surface area contributed by atoms with Gasteiger partial charge in [-0.25, -0.2) is 4.79 Å². The van der Waals surface area contributed by atoms with Gasteiger partial charge in [-0.1, -0.05) is 85.6 Å². The summed E-state index contributed by atoms with van der Waals surface area (Å²) in [6.45, 7) is 4.67. The number of primary amides is 1. The zero-order valence-corrected chi connectivity index (χ0v) is 74.7. The number of benzene rings is 7. The number of aliphatic hydroxyl groups is 6. The van der Waals surface area contributed by atoms with Crippen molar-refractivity contribution in [3.63, 3.8) is 0 Å². The van der Waals surface area contributed by atoms with Crippen molar-refractivity contribution in [1.29, 1.82) is 0 Å². The minimum atomic E-state index is -3.81. The van der Waals surface area contributed by atoms with Gasteiger partial charge in [-0.2, -0.15) is 0 Å². The van der Waals surface area contributed by atoms with Crippen molar-refractivity contribution in [3.8, 4) is 62.9 Å². The van der Waals surface area contributed by atoms with Gasteiger partial charge >= 0.3 is 11.9 Å². The fourth-order valence-corrected chi connectivity index (χ4v) is 17.2. The molecule has 8 aromatic rings. The molecule has 20 atom stereocenters. The number of aromatic hydroxyl groups is 4. The third-order valence-corrected chi connectivity index (χ3v) is 24.5. The second kappa shape index (κ2) is 41.8. The van der Waals surface area contributed by atoms with Crippen LogP contribution in [-0.4, -0.2) is 247 Å². The minimum absolute atomic E-state index is 0.0795. The molecule has 0 spiro atoms. The zero-order chi connectivity index (χ0) is 98.5. The van der Waals surface area contributed by atoms with Gasteiger partial charge in [0.2, 0.25) is 64.8 Å². The van der Waals surface area contributed by atoms with E-state index in [2.05, 4.69) is 58.2 Å². The largest absolute Gasteiger partial charge is 0.508 e. The highest BCUT2D eigenvalue weighted by Crippen LogP contribution is 2.50. The first-order valence-corrected chi connectivity index (χ1v) is 43.6. The summed E-state index contributed by atoms with van der Waals surface area (Å²) in [5, 5.41) is 159. The van der Waals surface area contributed by atoms with E-state index in [1.807, 2.05) is 0 Å². The highest BCUT2D eigenvalue weighted by molar-refractivity contribution is 6.32. The molecular weight excluding hydrogens is 1830 g/mol. The molecule has 20 unspecified atom stereocenters. The predicted molar refractivity (Wildman–Crippen MR) is 476 cm³/mol. The number of carboxylic acids is 2. The lowest BCUT2D eigenvalue weighted by Crippen LogP contribution is -2.73. The first-order chi connectivity index (χ1) is 64.4. The second-order valence-electron chi connectivity index (χ2n) is 34.3. The number of hydrogen-bond donors (Lipinski definition) is 25. The molecule has 10 amide bonds. The van der Waals surface area contributed by atoms with Gasteiger partial charge in [0.15, 0.2) is 17.8 Å². The minimum Gasteiger partial charge on any atom is -0.508 e. The van der Waals surface area contributed by atoms with E-state index < -0.39 is 310 Å². The van der Waals surface area contributed by atoms with Gasteiger partial charge in [0.05, 0.1) is 41.3 Å². The molecule has 45 heteroatoms. The zero-order valence-electron chi connectivity index (χ0n) is 73.2. The molecule has 136 heavy (non-hydrogen) atoms. The molecule has 8 heterocycles. The van der Waals surface area contributed by atoms with E-state index in [9.17, 15) is 80.5 Å². The van der Waals surface area contributed by atoms with Gasteiger partial charge in [0.1, 0.15) is 113 Å². The molecule has 0 radical (unpaired) electrons. The number of amides is 10. The average Bonchev–Trinajstić information content (AvgIpc) is 1.82. The van der Waals surface area contributed by atoms with Crippen LogP contribution in [0.4, 0.5) is 0 Å². The molecule has 7 aliphatic heterocycles. The lowest BCUT2D eigenvalue weighted by molar-refractivity contribution is -0.277. The van der Waals surface area contributed by atoms with Crippen LogP contribution < -0.4 is 78.8 Å². The van der Waals surface area contributed by atoms with E-state index in [0.29, 0.717) is 16.5 Å². The van der Waals surface area contributed by atoms with Crippen LogP contribution >= 0.6 is 23.2 Å². The maximum Gasteiger partial charge on any atom is 0.326 e. The van der Waals surface area contributed by atoms with E-state index in [-0.39, 0.29) is 52.0 Å². The van der Waals surface area contributed by atoms with Gasteiger partial charge in [0, 0.05) is 72.1 Å². The number of aliphatic hydroxyl groups excluding tert-OH is 6. The molecule has 15 rings (SSSR count). The second-order valence-corrected chi connectivity index (χ2v) is 35.1. The molecule has 11 bridgehead atoms. The molecule has 7 aliphatic rings. The fraction of sp³-hybridized carbons (Fsp3) is 0.385. The number of halogens is 2. The normalized spacial score (nSPS) is 25.4. The van der Waals surface area contributed by atoms with Gasteiger partial charge < -0.3 is 159 Å². The molecule has 724 valence electrons. The summed E-state index contributed by atoms with van der Waals surface area (Å²) in [6.07, 6.45) is -22.1. The Balaban J connectivity index is 1.03. The maximum absolute atomic E-state index is 16.8. The van der Waals surface area contributed by atoms with Crippen molar-refractivity contribution >= 4 is 105 Å². The van der Waals surface area contributed by atoms with E-state index in [4.69, 9.17) is 63.1 Å². The maximum atomic E-state index is 16.8. The molecule has 43 nitrogen and oxygen atoms in total. The van der Waals surface area contributed by atoms with Crippen LogP contribution in [0, 0.1) is 5.92 Å². The number of fused-ring (bicyclic) bond motifs is 16. The molecule has 0 saturated carbocycles. The first-order valence-electron chi connectivity index (χ1n) is 42.8. The monoisotopic (exact) mass is 1930 g/mol. The summed E-state index contributed by atoms with van der Waals surface area (Å²) in [7, 11) is 1.31. The number of carbonyl (C=O) groups excluding carboxylic acids is 10. The van der Waals surface area contributed by atoms with Crippen LogP contribution in [0.3, 0.4) is 0 Å². The Hall–Kier alpha value is -13.5. The van der Waals surface area contributed by atoms with Crippen molar-refractivity contribution in [2.75, 3.05) is 13.7 Å². The number of phenolic OH excluding ortho intramolecular Hbond substituents is 4. The van der Waals surface area contributed by atoms with Crippen LogP contribution in [0.2, 0.25) is 10.0 Å². The van der Waals surface area contributed by atoms with E-state index in [0.717, 1.165) is 60.7 Å². The summed E-state index contributed by atoms with van der Waals surface area (Å²) in [5.41, 5.74) is 5.97. The van der Waals surface area contributed by atoms with Gasteiger partial charge in [-0.3, -0.25) is 52.7 Å². The third kappa shape index (κ3) is 22.0. The third-order valence-electron chi connectivity index (χ3n) is 23.9. The van der Waals surface area contributed by atoms with Crippen LogP contribution in [-0.2, 0) is 91.1 Å². The molecule has 2 fully saturated rings. The summed E-state index contributed by atoms with van der Waals surface area (Å²) in [6, 6.07) is 8.19. The number of hydrogen-bond acceptors (Lipinski definition) is 30. The van der Waals surface area contributed by atoms with Crippen LogP contribution in [0.25, 0.3) is 22.0 Å². The first kappa shape index (κ1) is 99.9. The Bertz CT molecular complexity index is 5950. The molecule has 7 aromatic carbocycles. The van der Waals surface area contributed by atoms with Crippen molar-refractivity contribution in [2.24, 2.45) is 17.4 Å². The lowest BCUT2D eigenvalue weighted by Gasteiger charge is -2.44. The highest BCUT2D eigenvalue weighted by Gasteiger charge is 2.57. The van der Waals surface area contributed by atoms with E-state index in [1.54, 1.807) is 38.1 Å². The number of rotatable bonds is 26. The number of aromatic amines is 1. The number of carboxylic acid groups (broad SMARTS) is 2. The summed E-state index contributed by atoms with van der Waals surface area (Å²) in [4.78, 5) is 186. The molecule has 27 N–H and O–H groups in total. The van der Waals surface area contributed by atoms with Crippen LogP contribution in [0.15, 0.2) is 134 Å². The molecule has 0 aliphatic carbocycles. The Morgan fingerprint density at radius 1 is 0.640 bits per heavy atom. The average molecular weight is 1930 g/mol. The summed E-state index contributed by atoms with van der Waals surface area (Å²) in [5.74, 6) is -24.0. The number of likely N-dealkylation sites (N-methyl/N-ethyl adjacent to an activating group) is 1. The number of phenols is 4. The predicted octanol–water partition coefficient (Wildman–Crippen LogP) is 0.927. The van der Waals surface area contributed by atoms with Crippen molar-refractivity contribution in [2.45, 2.75) is 200 Å². The number of para-hydroxylation sites is 1. The van der Waals surface area contributed by atoms with Crippen molar-refractivity contribution in [1.82, 2.24) is 58.2 Å². The number of nitrogens with two attached hydrogens (primary N) is 2. The Morgan fingerprint density at radius 2 is 1.26 bits per heavy atom. The van der Waals surface area contributed by atoms with Gasteiger partial charge in [-0.05, 0) is 151 Å². The lowest BCUT2D eigenvalue weighted by atomic mass is 9.83. The Morgan fingerprint density at radius 3 is 1.90 bits per heavy atom. The smallest absolute Gasteiger partial charge is 0.326 e. The standard InChI is InChI=1S/C91H101Cl2N13O30/c1-37(2)22-54(96-5)82(123)106-91(88(129)101-55(23-39-10-15-46(108)16-11-39)79(120)100-56(28-44-34-97-52-9-7-6-8-48(44)52)80(121)99-53(86(127)128)17-21-66(113)114)78(119)42-14-20-61(51(93)27-42)133-63-30-43-29-62(76(63)136-87-74(117)73(116)72(115)64(36-107)134-87)132-60-19-13-41(26-50(60)92)75(135-67-33-90(4,95)77(118)38(3)131-67)71-83(124)98-35-45-24-47(109)31-59(111)68(45)49-25-40(12-18-58(49)110)69(84(125)105-71)104-85(126)70(43)103-81(122)57(32-65(94)112)102-89(91)130/h6-16,18-20,24-27,29-31,34,37-38,53-57,64,67,69-75,77-78,87,96-97,107-111,115-119H,17,21-23,28,32-33,35-36,95H2,1-5H3,(H2,94,112)(H,98,124)(H,99,121)(H,100,120)(H,101,129)(H,102,130)(H,103,122)(H,104,126)(H,105,125)(H,106,123)(H,113,114)(H,127,128). The highest BCUT2D eigenvalue weighted by atomic mass is 35.5. The molecular formula is C91H101Cl2N13O30. The Kier molecular flexibility index (Phi) is 30.7. The number of ether oxygens (including phenoxy) is 6. The molecule has 1 aromatic heterocycles. The van der Waals surface area contributed by atoms with Crippen molar-refractivity contribution < 1.29 is 147 Å². The number of aliphatic carboxylic acids is 2. The quantitative estimate of drug-likeness (QED) is 0.0335. The van der Waals surface area contributed by atoms with E-state index in [1.165, 1.54) is 69.6 Å². The summed E-state index contributed by atoms with van der Waals surface area (Å²) >= 11 is 14.7.